The van der Waals surface area contributed by atoms with Crippen LogP contribution < -0.4 is 19.5 Å². The van der Waals surface area contributed by atoms with E-state index in [4.69, 9.17) is 30.8 Å². The van der Waals surface area contributed by atoms with Crippen molar-refractivity contribution in [2.75, 3.05) is 12.1 Å². The van der Waals surface area contributed by atoms with Crippen molar-refractivity contribution < 1.29 is 23.4 Å². The van der Waals surface area contributed by atoms with Gasteiger partial charge in [-0.15, -0.1) is 5.10 Å². The van der Waals surface area contributed by atoms with Gasteiger partial charge in [-0.25, -0.2) is 4.68 Å². The Morgan fingerprint density at radius 3 is 2.85 bits per heavy atom. The van der Waals surface area contributed by atoms with Gasteiger partial charge in [0.2, 0.25) is 12.7 Å². The third-order valence-electron chi connectivity index (χ3n) is 3.70. The molecule has 0 aliphatic carbocycles. The second-order valence-electron chi connectivity index (χ2n) is 5.64. The quantitative estimate of drug-likeness (QED) is 0.652. The number of hydrogen-bond acceptors (Lipinski definition) is 7. The van der Waals surface area contributed by atoms with Crippen LogP contribution in [0.4, 0.5) is 5.69 Å². The molecule has 0 radical (unpaired) electrons. The van der Waals surface area contributed by atoms with Crippen molar-refractivity contribution >= 4 is 23.8 Å². The minimum atomic E-state index is -0.297. The van der Waals surface area contributed by atoms with Gasteiger partial charge in [0.05, 0.1) is 0 Å². The van der Waals surface area contributed by atoms with Crippen LogP contribution in [0.1, 0.15) is 5.89 Å². The standard InChI is InChI=1S/C18H15N3O5S/c22-16(19-12-6-7-14-15(8-12)25-11-24-14)9-21-18(27)26-17(20-21)10-23-13-4-2-1-3-5-13/h1-8H,9-11H2,(H,19,22). The monoisotopic (exact) mass is 385 g/mol. The number of carbonyl (C=O) groups excluding carboxylic acids is 1. The molecule has 0 bridgehead atoms. The van der Waals surface area contributed by atoms with Crippen molar-refractivity contribution in [1.82, 2.24) is 9.78 Å². The normalized spacial score (nSPS) is 12.0. The van der Waals surface area contributed by atoms with E-state index in [-0.39, 0.29) is 30.7 Å². The minimum Gasteiger partial charge on any atom is -0.484 e. The average molecular weight is 385 g/mol. The molecule has 0 fully saturated rings. The lowest BCUT2D eigenvalue weighted by molar-refractivity contribution is -0.117. The lowest BCUT2D eigenvalue weighted by Crippen LogP contribution is -2.19. The van der Waals surface area contributed by atoms with Crippen LogP contribution in [0.2, 0.25) is 0 Å². The zero-order valence-corrected chi connectivity index (χ0v) is 14.9. The highest BCUT2D eigenvalue weighted by Gasteiger charge is 2.15. The summed E-state index contributed by atoms with van der Waals surface area (Å²) in [5.41, 5.74) is 0.590. The number of amides is 1. The number of fused-ring (bicyclic) bond motifs is 1. The van der Waals surface area contributed by atoms with E-state index in [1.807, 2.05) is 30.3 Å². The van der Waals surface area contributed by atoms with E-state index in [1.54, 1.807) is 18.2 Å². The molecular weight excluding hydrogens is 370 g/mol. The average Bonchev–Trinajstić information content (AvgIpc) is 3.27. The first kappa shape index (κ1) is 17.1. The molecule has 3 aromatic rings. The number of hydrogen-bond donors (Lipinski definition) is 1. The van der Waals surface area contributed by atoms with E-state index in [0.717, 1.165) is 0 Å². The minimum absolute atomic E-state index is 0.0812. The van der Waals surface area contributed by atoms with E-state index >= 15 is 0 Å². The molecule has 8 nitrogen and oxygen atoms in total. The smallest absolute Gasteiger partial charge is 0.287 e. The molecule has 4 rings (SSSR count). The molecule has 27 heavy (non-hydrogen) atoms. The number of para-hydroxylation sites is 1. The Bertz CT molecular complexity index is 1020. The summed E-state index contributed by atoms with van der Waals surface area (Å²) < 4.78 is 22.8. The number of nitrogens with one attached hydrogen (secondary N) is 1. The summed E-state index contributed by atoms with van der Waals surface area (Å²) in [6.07, 6.45) is 0. The van der Waals surface area contributed by atoms with Gasteiger partial charge in [-0.3, -0.25) is 4.79 Å². The number of aromatic nitrogens is 2. The molecule has 1 amide bonds. The van der Waals surface area contributed by atoms with E-state index in [9.17, 15) is 4.79 Å². The molecule has 0 atom stereocenters. The first-order valence-corrected chi connectivity index (χ1v) is 8.52. The number of benzene rings is 2. The first-order valence-electron chi connectivity index (χ1n) is 8.11. The number of nitrogens with zero attached hydrogens (tertiary/aromatic N) is 2. The van der Waals surface area contributed by atoms with Crippen LogP contribution in [0.5, 0.6) is 17.2 Å². The summed E-state index contributed by atoms with van der Waals surface area (Å²) in [5.74, 6) is 1.92. The van der Waals surface area contributed by atoms with Gasteiger partial charge in [-0.05, 0) is 36.5 Å². The summed E-state index contributed by atoms with van der Waals surface area (Å²) in [6, 6.07) is 14.4. The Balaban J connectivity index is 1.37. The van der Waals surface area contributed by atoms with Gasteiger partial charge in [0, 0.05) is 11.8 Å². The Hall–Kier alpha value is -3.33. The van der Waals surface area contributed by atoms with Crippen molar-refractivity contribution in [3.8, 4) is 17.2 Å². The lowest BCUT2D eigenvalue weighted by Gasteiger charge is -2.05. The fraction of sp³-hybridized carbons (Fsp3) is 0.167. The van der Waals surface area contributed by atoms with E-state index in [0.29, 0.717) is 28.8 Å². The van der Waals surface area contributed by atoms with Crippen molar-refractivity contribution in [2.24, 2.45) is 0 Å². The Kier molecular flexibility index (Phi) is 4.75. The maximum atomic E-state index is 12.3. The van der Waals surface area contributed by atoms with Gasteiger partial charge >= 0.3 is 0 Å². The molecule has 138 valence electrons. The maximum Gasteiger partial charge on any atom is 0.287 e. The summed E-state index contributed by atoms with van der Waals surface area (Å²) >= 11 is 5.11. The molecule has 0 saturated carbocycles. The molecule has 1 aliphatic rings. The van der Waals surface area contributed by atoms with E-state index < -0.39 is 0 Å². The molecule has 2 aromatic carbocycles. The van der Waals surface area contributed by atoms with Crippen LogP contribution in [0.3, 0.4) is 0 Å². The van der Waals surface area contributed by atoms with Crippen LogP contribution in [0.25, 0.3) is 0 Å². The topological polar surface area (TPSA) is 87.8 Å². The highest BCUT2D eigenvalue weighted by molar-refractivity contribution is 7.71. The molecule has 1 aromatic heterocycles. The highest BCUT2D eigenvalue weighted by atomic mass is 32.1. The van der Waals surface area contributed by atoms with Gasteiger partial charge < -0.3 is 23.9 Å². The molecule has 9 heteroatoms. The molecule has 2 heterocycles. The number of rotatable bonds is 6. The van der Waals surface area contributed by atoms with Crippen LogP contribution in [-0.4, -0.2) is 22.5 Å². The van der Waals surface area contributed by atoms with Gasteiger partial charge in [0.15, 0.2) is 18.1 Å². The summed E-state index contributed by atoms with van der Waals surface area (Å²) in [6.45, 7) is 0.210. The van der Waals surface area contributed by atoms with Crippen molar-refractivity contribution in [2.45, 2.75) is 13.2 Å². The Morgan fingerprint density at radius 1 is 1.19 bits per heavy atom. The zero-order valence-electron chi connectivity index (χ0n) is 14.1. The molecule has 0 saturated heterocycles. The maximum absolute atomic E-state index is 12.3. The molecule has 1 N–H and O–H groups in total. The summed E-state index contributed by atoms with van der Waals surface area (Å²) in [4.78, 5) is 12.4. The first-order chi connectivity index (χ1) is 13.2. The van der Waals surface area contributed by atoms with Crippen LogP contribution >= 0.6 is 12.2 Å². The molecular formula is C18H15N3O5S. The predicted molar refractivity (Wildman–Crippen MR) is 97.3 cm³/mol. The Labute approximate surface area is 159 Å². The van der Waals surface area contributed by atoms with E-state index in [2.05, 4.69) is 10.4 Å². The van der Waals surface area contributed by atoms with Crippen molar-refractivity contribution in [3.05, 3.63) is 59.3 Å². The largest absolute Gasteiger partial charge is 0.484 e. The molecule has 0 unspecified atom stereocenters. The van der Waals surface area contributed by atoms with Crippen LogP contribution in [-0.2, 0) is 17.9 Å². The summed E-state index contributed by atoms with van der Waals surface area (Å²) in [7, 11) is 0. The lowest BCUT2D eigenvalue weighted by atomic mass is 10.3. The predicted octanol–water partition coefficient (Wildman–Crippen LogP) is 3.15. The third kappa shape index (κ3) is 4.09. The third-order valence-corrected chi connectivity index (χ3v) is 4.00. The second-order valence-corrected chi connectivity index (χ2v) is 5.99. The van der Waals surface area contributed by atoms with Gasteiger partial charge in [0.1, 0.15) is 12.3 Å². The molecule has 0 spiro atoms. The van der Waals surface area contributed by atoms with Gasteiger partial charge in [0.25, 0.3) is 10.7 Å². The number of ether oxygens (including phenoxy) is 3. The number of carbonyl (C=O) groups is 1. The van der Waals surface area contributed by atoms with E-state index in [1.165, 1.54) is 4.68 Å². The Morgan fingerprint density at radius 2 is 2.00 bits per heavy atom. The van der Waals surface area contributed by atoms with Gasteiger partial charge in [-0.2, -0.15) is 0 Å². The van der Waals surface area contributed by atoms with Crippen LogP contribution in [0.15, 0.2) is 52.9 Å². The SMILES string of the molecule is O=C(Cn1nc(COc2ccccc2)oc1=S)Nc1ccc2c(c1)OCO2. The molecule has 1 aliphatic heterocycles. The number of anilines is 1. The van der Waals surface area contributed by atoms with Crippen LogP contribution in [0, 0.1) is 4.84 Å². The van der Waals surface area contributed by atoms with Crippen molar-refractivity contribution in [3.63, 3.8) is 0 Å². The highest BCUT2D eigenvalue weighted by Crippen LogP contribution is 2.34. The second kappa shape index (κ2) is 7.50. The zero-order chi connectivity index (χ0) is 18.6. The van der Waals surface area contributed by atoms with Crippen molar-refractivity contribution in [1.29, 1.82) is 0 Å². The summed E-state index contributed by atoms with van der Waals surface area (Å²) in [5, 5.41) is 6.94. The van der Waals surface area contributed by atoms with Gasteiger partial charge in [-0.1, -0.05) is 18.2 Å². The fourth-order valence-corrected chi connectivity index (χ4v) is 2.68. The fourth-order valence-electron chi connectivity index (χ4n) is 2.48.